The van der Waals surface area contributed by atoms with Crippen LogP contribution < -0.4 is 5.32 Å². The van der Waals surface area contributed by atoms with Crippen LogP contribution in [0.15, 0.2) is 5.38 Å². The molecule has 3 heterocycles. The number of ether oxygens (including phenoxy) is 2. The predicted octanol–water partition coefficient (Wildman–Crippen LogP) is 1.44. The second kappa shape index (κ2) is 8.38. The quantitative estimate of drug-likeness (QED) is 0.784. The van der Waals surface area contributed by atoms with Crippen LogP contribution in [0.5, 0.6) is 0 Å². The molecule has 0 unspecified atom stereocenters. The number of nitrogens with one attached hydrogen (secondary N) is 1. The van der Waals surface area contributed by atoms with Gasteiger partial charge in [-0.05, 0) is 25.7 Å². The Kier molecular flexibility index (Phi) is 6.21. The maximum Gasteiger partial charge on any atom is 0.225 e. The van der Waals surface area contributed by atoms with Crippen molar-refractivity contribution >= 4 is 17.2 Å². The number of carbonyl (C=O) groups is 1. The van der Waals surface area contributed by atoms with Crippen LogP contribution in [0.4, 0.5) is 0 Å². The monoisotopic (exact) mass is 353 g/mol. The average Bonchev–Trinajstić information content (AvgIpc) is 2.99. The maximum atomic E-state index is 12.3. The first-order valence-electron chi connectivity index (χ1n) is 8.67. The minimum Gasteiger partial charge on any atom is -0.383 e. The van der Waals surface area contributed by atoms with Crippen LogP contribution in [-0.2, 0) is 20.8 Å². The van der Waals surface area contributed by atoms with Gasteiger partial charge in [0.25, 0.3) is 0 Å². The lowest BCUT2D eigenvalue weighted by Crippen LogP contribution is -2.50. The van der Waals surface area contributed by atoms with Crippen LogP contribution in [0.25, 0.3) is 0 Å². The van der Waals surface area contributed by atoms with E-state index in [4.69, 9.17) is 9.47 Å². The number of carbonyl (C=O) groups excluding carboxylic acids is 1. The van der Waals surface area contributed by atoms with Gasteiger partial charge in [-0.3, -0.25) is 9.69 Å². The number of nitrogens with zero attached hydrogens (tertiary/aromatic N) is 2. The number of thiazole rings is 1. The number of methoxy groups -OCH3 is 1. The largest absolute Gasteiger partial charge is 0.383 e. The molecule has 0 aromatic carbocycles. The smallest absolute Gasteiger partial charge is 0.225 e. The Balaban J connectivity index is 1.50. The number of piperidine rings is 1. The lowest BCUT2D eigenvalue weighted by atomic mass is 9.83. The molecule has 0 spiro atoms. The molecule has 2 saturated heterocycles. The highest BCUT2D eigenvalue weighted by atomic mass is 32.1. The third kappa shape index (κ3) is 4.53. The number of aromatic nitrogens is 1. The molecule has 3 rings (SSSR count). The standard InChI is InChI=1S/C17H27N3O3S/c1-12-19-15(11-24-12)9-20-5-3-16-13(8-20)7-14(10-23-16)17(21)18-4-6-22-2/h11,13-14,16H,3-10H2,1-2H3,(H,18,21)/t13-,14-,16+/m0/s1. The summed E-state index contributed by atoms with van der Waals surface area (Å²) in [6, 6.07) is 0. The molecule has 2 aliphatic heterocycles. The number of hydrogen-bond acceptors (Lipinski definition) is 6. The summed E-state index contributed by atoms with van der Waals surface area (Å²) in [6.07, 6.45) is 2.27. The molecule has 24 heavy (non-hydrogen) atoms. The number of rotatable bonds is 6. The molecule has 1 amide bonds. The van der Waals surface area contributed by atoms with Crippen LogP contribution in [-0.4, -0.2) is 61.9 Å². The highest BCUT2D eigenvalue weighted by Crippen LogP contribution is 2.32. The van der Waals surface area contributed by atoms with Gasteiger partial charge in [-0.2, -0.15) is 0 Å². The fourth-order valence-electron chi connectivity index (χ4n) is 3.66. The summed E-state index contributed by atoms with van der Waals surface area (Å²) in [5.74, 6) is 0.493. The minimum atomic E-state index is -0.0374. The normalized spacial score (nSPS) is 27.7. The van der Waals surface area contributed by atoms with E-state index < -0.39 is 0 Å². The summed E-state index contributed by atoms with van der Waals surface area (Å²) < 4.78 is 11.0. The summed E-state index contributed by atoms with van der Waals surface area (Å²) in [6.45, 7) is 6.64. The molecule has 2 aliphatic rings. The van der Waals surface area contributed by atoms with E-state index in [1.807, 2.05) is 6.92 Å². The zero-order valence-electron chi connectivity index (χ0n) is 14.5. The Morgan fingerprint density at radius 1 is 1.58 bits per heavy atom. The van der Waals surface area contributed by atoms with Crippen molar-refractivity contribution in [3.8, 4) is 0 Å². The van der Waals surface area contributed by atoms with E-state index in [1.165, 1.54) is 0 Å². The van der Waals surface area contributed by atoms with Crippen molar-refractivity contribution in [2.24, 2.45) is 11.8 Å². The summed E-state index contributed by atoms with van der Waals surface area (Å²) in [5.41, 5.74) is 1.15. The second-order valence-electron chi connectivity index (χ2n) is 6.73. The Hall–Kier alpha value is -1.02. The number of aryl methyl sites for hydroxylation is 1. The summed E-state index contributed by atoms with van der Waals surface area (Å²) in [5, 5.41) is 6.20. The molecule has 0 saturated carbocycles. The molecule has 0 bridgehead atoms. The first-order valence-corrected chi connectivity index (χ1v) is 9.55. The summed E-state index contributed by atoms with van der Waals surface area (Å²) >= 11 is 1.70. The van der Waals surface area contributed by atoms with Gasteiger partial charge in [-0.1, -0.05) is 0 Å². The second-order valence-corrected chi connectivity index (χ2v) is 7.79. The molecular weight excluding hydrogens is 326 g/mol. The predicted molar refractivity (Wildman–Crippen MR) is 93.0 cm³/mol. The number of fused-ring (bicyclic) bond motifs is 1. The van der Waals surface area contributed by atoms with E-state index in [-0.39, 0.29) is 11.8 Å². The highest BCUT2D eigenvalue weighted by Gasteiger charge is 2.38. The average molecular weight is 353 g/mol. The molecule has 1 N–H and O–H groups in total. The van der Waals surface area contributed by atoms with Gasteiger partial charge >= 0.3 is 0 Å². The van der Waals surface area contributed by atoms with Crippen molar-refractivity contribution in [2.75, 3.05) is 40.0 Å². The fourth-order valence-corrected chi connectivity index (χ4v) is 4.27. The molecule has 134 valence electrons. The van der Waals surface area contributed by atoms with Crippen LogP contribution in [0.2, 0.25) is 0 Å². The maximum absolute atomic E-state index is 12.3. The van der Waals surface area contributed by atoms with Crippen molar-refractivity contribution in [2.45, 2.75) is 32.4 Å². The minimum absolute atomic E-state index is 0.0374. The molecule has 0 aliphatic carbocycles. The Labute approximate surface area is 147 Å². The van der Waals surface area contributed by atoms with Crippen LogP contribution in [0.3, 0.4) is 0 Å². The van der Waals surface area contributed by atoms with Gasteiger partial charge in [0.15, 0.2) is 0 Å². The zero-order valence-corrected chi connectivity index (χ0v) is 15.3. The molecule has 1 aromatic heterocycles. The Morgan fingerprint density at radius 3 is 3.21 bits per heavy atom. The van der Waals surface area contributed by atoms with E-state index >= 15 is 0 Å². The summed E-state index contributed by atoms with van der Waals surface area (Å²) in [7, 11) is 1.64. The molecule has 0 radical (unpaired) electrons. The van der Waals surface area contributed by atoms with Gasteiger partial charge < -0.3 is 14.8 Å². The van der Waals surface area contributed by atoms with E-state index in [0.29, 0.717) is 31.8 Å². The van der Waals surface area contributed by atoms with Gasteiger partial charge in [0.1, 0.15) is 0 Å². The van der Waals surface area contributed by atoms with Gasteiger partial charge in [-0.25, -0.2) is 4.98 Å². The molecule has 7 heteroatoms. The fraction of sp³-hybridized carbons (Fsp3) is 0.765. The zero-order chi connectivity index (χ0) is 16.9. The lowest BCUT2D eigenvalue weighted by Gasteiger charge is -2.43. The number of likely N-dealkylation sites (tertiary alicyclic amines) is 1. The molecule has 2 fully saturated rings. The van der Waals surface area contributed by atoms with Gasteiger partial charge in [0.2, 0.25) is 5.91 Å². The van der Waals surface area contributed by atoms with E-state index in [9.17, 15) is 4.79 Å². The van der Waals surface area contributed by atoms with E-state index in [1.54, 1.807) is 18.4 Å². The SMILES string of the molecule is COCCNC(=O)[C@@H]1CO[C@@H]2CCN(Cc3csc(C)n3)C[C@@H]2C1. The molecule has 6 nitrogen and oxygen atoms in total. The van der Waals surface area contributed by atoms with E-state index in [0.717, 1.165) is 43.2 Å². The van der Waals surface area contributed by atoms with Crippen LogP contribution >= 0.6 is 11.3 Å². The third-order valence-electron chi connectivity index (χ3n) is 4.88. The summed E-state index contributed by atoms with van der Waals surface area (Å²) in [4.78, 5) is 19.3. The topological polar surface area (TPSA) is 63.7 Å². The van der Waals surface area contributed by atoms with Crippen molar-refractivity contribution in [1.29, 1.82) is 0 Å². The molecule has 1 aromatic rings. The van der Waals surface area contributed by atoms with Crippen molar-refractivity contribution in [1.82, 2.24) is 15.2 Å². The van der Waals surface area contributed by atoms with Gasteiger partial charge in [0.05, 0.1) is 35.9 Å². The third-order valence-corrected chi connectivity index (χ3v) is 5.70. The van der Waals surface area contributed by atoms with Gasteiger partial charge in [-0.15, -0.1) is 11.3 Å². The Morgan fingerprint density at radius 2 is 2.46 bits per heavy atom. The molecule has 3 atom stereocenters. The first-order chi connectivity index (χ1) is 11.7. The van der Waals surface area contributed by atoms with Crippen LogP contribution in [0.1, 0.15) is 23.5 Å². The highest BCUT2D eigenvalue weighted by molar-refractivity contribution is 7.09. The van der Waals surface area contributed by atoms with Crippen LogP contribution in [0, 0.1) is 18.8 Å². The van der Waals surface area contributed by atoms with Crippen molar-refractivity contribution in [3.05, 3.63) is 16.1 Å². The number of amides is 1. The molecular formula is C17H27N3O3S. The van der Waals surface area contributed by atoms with E-state index in [2.05, 4.69) is 20.6 Å². The Bertz CT molecular complexity index is 551. The number of hydrogen-bond donors (Lipinski definition) is 1. The van der Waals surface area contributed by atoms with Gasteiger partial charge in [0, 0.05) is 38.7 Å². The van der Waals surface area contributed by atoms with Crippen molar-refractivity contribution in [3.63, 3.8) is 0 Å². The first kappa shape index (κ1) is 17.8. The lowest BCUT2D eigenvalue weighted by molar-refractivity contribution is -0.139. The van der Waals surface area contributed by atoms with Crippen molar-refractivity contribution < 1.29 is 14.3 Å².